The number of thioether (sulfide) groups is 1. The van der Waals surface area contributed by atoms with E-state index in [-0.39, 0.29) is 5.60 Å². The standard InChI is InChI=1S/C20H25BrOS/c1-22-20(19(21)13-14-23-2,15-17-9-5-3-6-10-17)16-18-11-7-4-8-12-18/h3-12,19H,13-16H2,1-2H3. The van der Waals surface area contributed by atoms with Crippen LogP contribution in [0.25, 0.3) is 0 Å². The Morgan fingerprint density at radius 3 is 1.83 bits per heavy atom. The molecule has 3 heteroatoms. The van der Waals surface area contributed by atoms with Crippen molar-refractivity contribution in [1.82, 2.24) is 0 Å². The number of hydrogen-bond donors (Lipinski definition) is 0. The minimum atomic E-state index is -0.238. The quantitative estimate of drug-likeness (QED) is 0.530. The zero-order valence-electron chi connectivity index (χ0n) is 13.9. The molecule has 0 aliphatic rings. The second kappa shape index (κ2) is 9.51. The minimum Gasteiger partial charge on any atom is -0.376 e. The van der Waals surface area contributed by atoms with Crippen LogP contribution < -0.4 is 0 Å². The normalized spacial score (nSPS) is 13.0. The van der Waals surface area contributed by atoms with E-state index in [0.29, 0.717) is 4.83 Å². The predicted molar refractivity (Wildman–Crippen MR) is 106 cm³/mol. The molecular formula is C20H25BrOS. The van der Waals surface area contributed by atoms with Gasteiger partial charge in [-0.2, -0.15) is 11.8 Å². The summed E-state index contributed by atoms with van der Waals surface area (Å²) in [6.07, 6.45) is 5.06. The fraction of sp³-hybridized carbons (Fsp3) is 0.400. The average Bonchev–Trinajstić information content (AvgIpc) is 2.60. The summed E-state index contributed by atoms with van der Waals surface area (Å²) in [5, 5.41) is 0. The number of ether oxygens (including phenoxy) is 1. The summed E-state index contributed by atoms with van der Waals surface area (Å²) in [6.45, 7) is 0. The molecule has 0 aliphatic heterocycles. The van der Waals surface area contributed by atoms with Gasteiger partial charge in [-0.1, -0.05) is 76.6 Å². The smallest absolute Gasteiger partial charge is 0.0883 e. The molecule has 1 nitrogen and oxygen atoms in total. The third-order valence-electron chi connectivity index (χ3n) is 4.25. The summed E-state index contributed by atoms with van der Waals surface area (Å²) in [7, 11) is 1.85. The predicted octanol–water partition coefficient (Wildman–Crippen LogP) is 5.37. The highest BCUT2D eigenvalue weighted by Gasteiger charge is 2.37. The van der Waals surface area contributed by atoms with Crippen LogP contribution in [-0.4, -0.2) is 29.5 Å². The van der Waals surface area contributed by atoms with Crippen LogP contribution in [0.3, 0.4) is 0 Å². The lowest BCUT2D eigenvalue weighted by molar-refractivity contribution is -0.0103. The Morgan fingerprint density at radius 1 is 0.957 bits per heavy atom. The molecule has 2 aromatic carbocycles. The van der Waals surface area contributed by atoms with Gasteiger partial charge in [0.1, 0.15) is 0 Å². The molecule has 0 aliphatic carbocycles. The SMILES string of the molecule is COC(Cc1ccccc1)(Cc1ccccc1)C(Br)CCSC. The van der Waals surface area contributed by atoms with Crippen molar-refractivity contribution in [2.75, 3.05) is 19.1 Å². The first-order valence-corrected chi connectivity index (χ1v) is 10.3. The molecule has 0 saturated carbocycles. The van der Waals surface area contributed by atoms with E-state index in [9.17, 15) is 0 Å². The molecule has 0 N–H and O–H groups in total. The third-order valence-corrected chi connectivity index (χ3v) is 6.18. The van der Waals surface area contributed by atoms with E-state index in [2.05, 4.69) is 82.8 Å². The van der Waals surface area contributed by atoms with Gasteiger partial charge in [0.2, 0.25) is 0 Å². The number of methoxy groups -OCH3 is 1. The number of rotatable bonds is 9. The van der Waals surface area contributed by atoms with Crippen molar-refractivity contribution in [3.8, 4) is 0 Å². The second-order valence-electron chi connectivity index (χ2n) is 5.84. The lowest BCUT2D eigenvalue weighted by Crippen LogP contribution is -2.45. The summed E-state index contributed by atoms with van der Waals surface area (Å²) in [5.41, 5.74) is 2.40. The maximum atomic E-state index is 6.15. The van der Waals surface area contributed by atoms with Crippen LogP contribution in [0.4, 0.5) is 0 Å². The van der Waals surface area contributed by atoms with Crippen LogP contribution >= 0.6 is 27.7 Å². The second-order valence-corrected chi connectivity index (χ2v) is 7.93. The van der Waals surface area contributed by atoms with Gasteiger partial charge < -0.3 is 4.74 Å². The van der Waals surface area contributed by atoms with E-state index in [1.807, 2.05) is 18.9 Å². The van der Waals surface area contributed by atoms with Gasteiger partial charge in [0, 0.05) is 24.8 Å². The summed E-state index contributed by atoms with van der Waals surface area (Å²) >= 11 is 5.82. The lowest BCUT2D eigenvalue weighted by Gasteiger charge is -2.37. The largest absolute Gasteiger partial charge is 0.376 e. The molecule has 0 bridgehead atoms. The molecule has 0 heterocycles. The first kappa shape index (κ1) is 18.6. The molecule has 0 aromatic heterocycles. The Hall–Kier alpha value is -0.770. The number of halogens is 1. The van der Waals surface area contributed by atoms with E-state index < -0.39 is 0 Å². The average molecular weight is 393 g/mol. The van der Waals surface area contributed by atoms with E-state index in [1.165, 1.54) is 11.1 Å². The highest BCUT2D eigenvalue weighted by atomic mass is 79.9. The zero-order chi connectivity index (χ0) is 16.5. The number of alkyl halides is 1. The Morgan fingerprint density at radius 2 is 1.43 bits per heavy atom. The van der Waals surface area contributed by atoms with Gasteiger partial charge in [-0.25, -0.2) is 0 Å². The molecule has 0 spiro atoms. The fourth-order valence-corrected chi connectivity index (χ4v) is 4.44. The Kier molecular flexibility index (Phi) is 7.68. The van der Waals surface area contributed by atoms with Crippen molar-refractivity contribution in [2.45, 2.75) is 29.7 Å². The van der Waals surface area contributed by atoms with Gasteiger partial charge in [-0.05, 0) is 29.6 Å². The van der Waals surface area contributed by atoms with Crippen molar-refractivity contribution in [1.29, 1.82) is 0 Å². The molecule has 0 amide bonds. The van der Waals surface area contributed by atoms with Crippen molar-refractivity contribution >= 4 is 27.7 Å². The molecule has 2 aromatic rings. The summed E-state index contributed by atoms with van der Waals surface area (Å²) < 4.78 is 6.15. The molecule has 2 rings (SSSR count). The first-order chi connectivity index (χ1) is 11.2. The molecule has 1 atom stereocenters. The fourth-order valence-electron chi connectivity index (χ4n) is 2.92. The molecule has 0 radical (unpaired) electrons. The van der Waals surface area contributed by atoms with Crippen LogP contribution in [0, 0.1) is 0 Å². The highest BCUT2D eigenvalue weighted by Crippen LogP contribution is 2.33. The van der Waals surface area contributed by atoms with Gasteiger partial charge >= 0.3 is 0 Å². The zero-order valence-corrected chi connectivity index (χ0v) is 16.3. The van der Waals surface area contributed by atoms with Gasteiger partial charge in [-0.15, -0.1) is 0 Å². The maximum Gasteiger partial charge on any atom is 0.0883 e. The maximum absolute atomic E-state index is 6.15. The van der Waals surface area contributed by atoms with E-state index >= 15 is 0 Å². The lowest BCUT2D eigenvalue weighted by atomic mass is 9.84. The molecule has 23 heavy (non-hydrogen) atoms. The molecule has 124 valence electrons. The monoisotopic (exact) mass is 392 g/mol. The van der Waals surface area contributed by atoms with Crippen LogP contribution in [0.1, 0.15) is 17.5 Å². The molecule has 0 fully saturated rings. The minimum absolute atomic E-state index is 0.238. The van der Waals surface area contributed by atoms with Gasteiger partial charge in [0.15, 0.2) is 0 Å². The first-order valence-electron chi connectivity index (χ1n) is 7.96. The van der Waals surface area contributed by atoms with Gasteiger partial charge in [0.25, 0.3) is 0 Å². The number of hydrogen-bond acceptors (Lipinski definition) is 2. The van der Waals surface area contributed by atoms with Crippen LogP contribution in [0.15, 0.2) is 60.7 Å². The van der Waals surface area contributed by atoms with Crippen LogP contribution in [0.5, 0.6) is 0 Å². The van der Waals surface area contributed by atoms with Crippen molar-refractivity contribution in [2.24, 2.45) is 0 Å². The van der Waals surface area contributed by atoms with E-state index in [4.69, 9.17) is 4.74 Å². The summed E-state index contributed by atoms with van der Waals surface area (Å²) in [6, 6.07) is 21.3. The molecule has 1 unspecified atom stereocenters. The van der Waals surface area contributed by atoms with Crippen molar-refractivity contribution in [3.05, 3.63) is 71.8 Å². The van der Waals surface area contributed by atoms with E-state index in [1.54, 1.807) is 0 Å². The molecule has 0 saturated heterocycles. The van der Waals surface area contributed by atoms with Crippen LogP contribution in [-0.2, 0) is 17.6 Å². The van der Waals surface area contributed by atoms with Crippen LogP contribution in [0.2, 0.25) is 0 Å². The van der Waals surface area contributed by atoms with Gasteiger partial charge in [0.05, 0.1) is 5.60 Å². The Labute approximate surface area is 153 Å². The van der Waals surface area contributed by atoms with E-state index in [0.717, 1.165) is 25.0 Å². The topological polar surface area (TPSA) is 9.23 Å². The van der Waals surface area contributed by atoms with Crippen molar-refractivity contribution < 1.29 is 4.74 Å². The Balaban J connectivity index is 2.27. The summed E-state index contributed by atoms with van der Waals surface area (Å²) in [4.78, 5) is 0.313. The molecular weight excluding hydrogens is 368 g/mol. The van der Waals surface area contributed by atoms with Crippen molar-refractivity contribution in [3.63, 3.8) is 0 Å². The third kappa shape index (κ3) is 5.37. The number of benzene rings is 2. The Bertz CT molecular complexity index is 517. The summed E-state index contributed by atoms with van der Waals surface area (Å²) in [5.74, 6) is 1.13. The van der Waals surface area contributed by atoms with Gasteiger partial charge in [-0.3, -0.25) is 0 Å². The highest BCUT2D eigenvalue weighted by molar-refractivity contribution is 9.09.